The van der Waals surface area contributed by atoms with E-state index in [0.29, 0.717) is 17.6 Å². The van der Waals surface area contributed by atoms with Gasteiger partial charge in [0.25, 0.3) is 0 Å². The third-order valence-corrected chi connectivity index (χ3v) is 11.6. The Morgan fingerprint density at radius 1 is 0.589 bits per heavy atom. The minimum absolute atomic E-state index is 0.0930. The zero-order chi connectivity index (χ0) is 39.2. The molecule has 0 amide bonds. The SMILES string of the molecule is CCCCCCCCCCCCn1c(/C=C/c2ccncc2)ccc1C1=C([O-])/C(=C2\CCC(/C=C/c3ccncc3)=[N+]2CCCCCCCCCCCC)C1=O. The van der Waals surface area contributed by atoms with E-state index in [9.17, 15) is 9.90 Å². The van der Waals surface area contributed by atoms with Crippen molar-refractivity contribution in [1.82, 2.24) is 14.5 Å². The molecular weight excluding hydrogens is 689 g/mol. The molecule has 2 aliphatic rings. The van der Waals surface area contributed by atoms with Gasteiger partial charge >= 0.3 is 0 Å². The zero-order valence-corrected chi connectivity index (χ0v) is 34.7. The van der Waals surface area contributed by atoms with Crippen LogP contribution in [0.4, 0.5) is 0 Å². The van der Waals surface area contributed by atoms with Crippen molar-refractivity contribution in [2.75, 3.05) is 6.54 Å². The standard InChI is InChI=1S/C50H68N4O2/c1-3-5-7-9-11-13-15-17-19-21-39-53-43(25-23-41-31-35-51-36-32-41)27-29-45(53)47-49(55)48(50(47)56)46-30-28-44(26-24-42-33-37-52-38-34-42)54(46)40-22-20-18-16-14-12-10-8-6-4-2/h23-27,29,31-38H,3-22,28,30,39-40H2,1-2H3/b26-24+. The molecule has 4 heterocycles. The highest BCUT2D eigenvalue weighted by molar-refractivity contribution is 6.38. The Hall–Kier alpha value is -4.32. The number of ketones is 1. The van der Waals surface area contributed by atoms with E-state index in [1.54, 1.807) is 12.4 Å². The largest absolute Gasteiger partial charge is 0.871 e. The van der Waals surface area contributed by atoms with E-state index in [2.05, 4.69) is 63.3 Å². The van der Waals surface area contributed by atoms with Crippen molar-refractivity contribution in [3.63, 3.8) is 0 Å². The van der Waals surface area contributed by atoms with E-state index in [-0.39, 0.29) is 11.5 Å². The maximum Gasteiger partial charge on any atom is 0.200 e. The topological polar surface area (TPSA) is 73.8 Å². The molecule has 3 aromatic heterocycles. The third kappa shape index (κ3) is 12.9. The van der Waals surface area contributed by atoms with E-state index in [4.69, 9.17) is 0 Å². The van der Waals surface area contributed by atoms with Crippen LogP contribution in [-0.2, 0) is 11.3 Å². The summed E-state index contributed by atoms with van der Waals surface area (Å²) in [6, 6.07) is 12.0. The Morgan fingerprint density at radius 2 is 1.09 bits per heavy atom. The fourth-order valence-corrected chi connectivity index (χ4v) is 8.22. The van der Waals surface area contributed by atoms with Crippen molar-refractivity contribution < 1.29 is 14.5 Å². The highest BCUT2D eigenvalue weighted by Crippen LogP contribution is 2.40. The van der Waals surface area contributed by atoms with Gasteiger partial charge in [0.2, 0.25) is 0 Å². The number of hydrogen-bond acceptors (Lipinski definition) is 4. The summed E-state index contributed by atoms with van der Waals surface area (Å²) >= 11 is 0. The summed E-state index contributed by atoms with van der Waals surface area (Å²) in [5.74, 6) is -0.186. The Kier molecular flexibility index (Phi) is 18.6. The summed E-state index contributed by atoms with van der Waals surface area (Å²) in [5.41, 5.74) is 6.79. The lowest BCUT2D eigenvalue weighted by Gasteiger charge is -2.31. The van der Waals surface area contributed by atoms with Crippen molar-refractivity contribution in [3.05, 3.63) is 107 Å². The van der Waals surface area contributed by atoms with Gasteiger partial charge < -0.3 is 9.67 Å². The van der Waals surface area contributed by atoms with Gasteiger partial charge in [-0.1, -0.05) is 135 Å². The molecule has 300 valence electrons. The molecule has 1 aliphatic carbocycles. The molecule has 0 unspecified atom stereocenters. The predicted molar refractivity (Wildman–Crippen MR) is 233 cm³/mol. The van der Waals surface area contributed by atoms with E-state index in [1.165, 1.54) is 108 Å². The molecule has 0 N–H and O–H groups in total. The van der Waals surface area contributed by atoms with Gasteiger partial charge in [-0.3, -0.25) is 14.8 Å². The summed E-state index contributed by atoms with van der Waals surface area (Å²) in [4.78, 5) is 22.5. The second-order valence-corrected chi connectivity index (χ2v) is 15.9. The number of Topliss-reactive ketones (excluding diaryl/α,β-unsaturated/α-hetero) is 1. The van der Waals surface area contributed by atoms with Crippen LogP contribution in [0, 0.1) is 0 Å². The van der Waals surface area contributed by atoms with Gasteiger partial charge in [-0.05, 0) is 72.5 Å². The van der Waals surface area contributed by atoms with Crippen molar-refractivity contribution >= 4 is 35.3 Å². The molecule has 6 heteroatoms. The van der Waals surface area contributed by atoms with Crippen LogP contribution in [0.25, 0.3) is 23.8 Å². The zero-order valence-electron chi connectivity index (χ0n) is 34.7. The first-order chi connectivity index (χ1) is 27.6. The van der Waals surface area contributed by atoms with E-state index in [1.807, 2.05) is 42.7 Å². The number of rotatable bonds is 27. The van der Waals surface area contributed by atoms with E-state index < -0.39 is 0 Å². The summed E-state index contributed by atoms with van der Waals surface area (Å²) in [5, 5.41) is 14.2. The molecule has 56 heavy (non-hydrogen) atoms. The number of allylic oxidation sites excluding steroid dienone is 4. The van der Waals surface area contributed by atoms with Gasteiger partial charge in [-0.2, -0.15) is 4.58 Å². The van der Waals surface area contributed by atoms with Crippen molar-refractivity contribution in [3.8, 4) is 0 Å². The van der Waals surface area contributed by atoms with Crippen LogP contribution < -0.4 is 5.11 Å². The first-order valence-corrected chi connectivity index (χ1v) is 22.3. The Bertz CT molecular complexity index is 1790. The van der Waals surface area contributed by atoms with Gasteiger partial charge in [0, 0.05) is 67.9 Å². The highest BCUT2D eigenvalue weighted by atomic mass is 16.3. The van der Waals surface area contributed by atoms with Gasteiger partial charge in [-0.15, -0.1) is 0 Å². The summed E-state index contributed by atoms with van der Waals surface area (Å²) < 4.78 is 4.51. The monoisotopic (exact) mass is 757 g/mol. The van der Waals surface area contributed by atoms with Crippen LogP contribution in [0.2, 0.25) is 0 Å². The van der Waals surface area contributed by atoms with Crippen molar-refractivity contribution in [2.45, 2.75) is 162 Å². The van der Waals surface area contributed by atoms with Crippen LogP contribution >= 0.6 is 0 Å². The minimum atomic E-state index is -0.0930. The maximum atomic E-state index is 14.2. The molecule has 0 bridgehead atoms. The fourth-order valence-electron chi connectivity index (χ4n) is 8.22. The molecule has 6 nitrogen and oxygen atoms in total. The van der Waals surface area contributed by atoms with E-state index in [0.717, 1.165) is 73.4 Å². The minimum Gasteiger partial charge on any atom is -0.871 e. The number of nitrogens with zero attached hydrogens (tertiary/aromatic N) is 4. The Balaban J connectivity index is 1.32. The second-order valence-electron chi connectivity index (χ2n) is 15.9. The maximum absolute atomic E-state index is 14.2. The van der Waals surface area contributed by atoms with Crippen LogP contribution in [0.1, 0.15) is 178 Å². The quantitative estimate of drug-likeness (QED) is 0.0441. The number of pyridine rings is 2. The number of unbranched alkanes of at least 4 members (excludes halogenated alkanes) is 18. The molecular formula is C50H68N4O2. The average Bonchev–Trinajstić information content (AvgIpc) is 3.81. The number of carbonyl (C=O) groups is 1. The highest BCUT2D eigenvalue weighted by Gasteiger charge is 2.39. The summed E-state index contributed by atoms with van der Waals surface area (Å²) in [6.45, 7) is 6.16. The van der Waals surface area contributed by atoms with Gasteiger partial charge in [-0.25, -0.2) is 0 Å². The molecule has 0 aromatic carbocycles. The first kappa shape index (κ1) is 42.8. The summed E-state index contributed by atoms with van der Waals surface area (Å²) in [6.07, 6.45) is 42.7. The third-order valence-electron chi connectivity index (χ3n) is 11.6. The van der Waals surface area contributed by atoms with E-state index >= 15 is 0 Å². The van der Waals surface area contributed by atoms with Crippen LogP contribution in [0.5, 0.6) is 0 Å². The van der Waals surface area contributed by atoms with Crippen LogP contribution in [-0.4, -0.2) is 37.2 Å². The van der Waals surface area contributed by atoms with Crippen LogP contribution in [0.3, 0.4) is 0 Å². The molecule has 0 saturated heterocycles. The average molecular weight is 757 g/mol. The first-order valence-electron chi connectivity index (χ1n) is 22.3. The normalized spacial score (nSPS) is 16.0. The lowest BCUT2D eigenvalue weighted by molar-refractivity contribution is -0.474. The molecule has 0 spiro atoms. The van der Waals surface area contributed by atoms with Crippen molar-refractivity contribution in [1.29, 1.82) is 0 Å². The van der Waals surface area contributed by atoms with Crippen LogP contribution in [0.15, 0.2) is 84.3 Å². The second kappa shape index (κ2) is 24.3. The molecule has 0 radical (unpaired) electrons. The molecule has 1 aliphatic heterocycles. The van der Waals surface area contributed by atoms with Gasteiger partial charge in [0.1, 0.15) is 6.54 Å². The van der Waals surface area contributed by atoms with Gasteiger partial charge in [0.15, 0.2) is 17.2 Å². The molecule has 0 atom stereocenters. The Morgan fingerprint density at radius 3 is 1.62 bits per heavy atom. The van der Waals surface area contributed by atoms with Gasteiger partial charge in [0.05, 0.1) is 11.3 Å². The van der Waals surface area contributed by atoms with Crippen molar-refractivity contribution in [2.24, 2.45) is 0 Å². The molecule has 0 fully saturated rings. The molecule has 0 saturated carbocycles. The fraction of sp³-hybridized carbons (Fsp3) is 0.520. The number of hydrogen-bond donors (Lipinski definition) is 0. The summed E-state index contributed by atoms with van der Waals surface area (Å²) in [7, 11) is 0. The smallest absolute Gasteiger partial charge is 0.200 e. The molecule has 5 rings (SSSR count). The molecule has 3 aromatic rings. The number of carbonyl (C=O) groups excluding carboxylic acids is 1. The lowest BCUT2D eigenvalue weighted by Crippen LogP contribution is -2.33. The predicted octanol–water partition coefficient (Wildman–Crippen LogP) is 12.2. The number of aromatic nitrogens is 3. The lowest BCUT2D eigenvalue weighted by atomic mass is 9.84. The Labute approximate surface area is 338 Å².